The van der Waals surface area contributed by atoms with Gasteiger partial charge >= 0.3 is 0 Å². The van der Waals surface area contributed by atoms with Crippen LogP contribution in [0.15, 0.2) is 48.5 Å². The maximum absolute atomic E-state index is 14.0. The summed E-state index contributed by atoms with van der Waals surface area (Å²) in [5, 5.41) is 0.748. The molecule has 6 nitrogen and oxygen atoms in total. The fraction of sp³-hybridized carbons (Fsp3) is 0.618. The molecule has 0 N–H and O–H groups in total. The van der Waals surface area contributed by atoms with Crippen LogP contribution in [0.1, 0.15) is 63.0 Å². The first-order chi connectivity index (χ1) is 19.8. The Morgan fingerprint density at radius 3 is 2.24 bits per heavy atom. The summed E-state index contributed by atoms with van der Waals surface area (Å²) < 4.78 is 5.34. The lowest BCUT2D eigenvalue weighted by Crippen LogP contribution is -2.62. The number of piperazine rings is 1. The number of rotatable bonds is 9. The molecule has 2 heterocycles. The highest BCUT2D eigenvalue weighted by Gasteiger charge is 2.44. The van der Waals surface area contributed by atoms with Crippen molar-refractivity contribution in [1.29, 1.82) is 0 Å². The molecule has 2 aromatic carbocycles. The van der Waals surface area contributed by atoms with E-state index in [4.69, 9.17) is 16.3 Å². The molecular weight excluding hydrogens is 532 g/mol. The first kappa shape index (κ1) is 30.3. The minimum Gasteiger partial charge on any atom is -0.497 e. The van der Waals surface area contributed by atoms with Crippen molar-refractivity contribution in [2.45, 2.75) is 70.0 Å². The van der Waals surface area contributed by atoms with Crippen LogP contribution in [0, 0.1) is 5.92 Å². The number of nitrogens with zero attached hydrogens (tertiary/aromatic N) is 4. The maximum atomic E-state index is 14.0. The number of ether oxygens (including phenoxy) is 1. The van der Waals surface area contributed by atoms with Crippen molar-refractivity contribution in [3.8, 4) is 5.75 Å². The Balaban J connectivity index is 1.23. The van der Waals surface area contributed by atoms with Gasteiger partial charge in [-0.3, -0.25) is 14.6 Å². The number of hydrogen-bond donors (Lipinski definition) is 0. The van der Waals surface area contributed by atoms with E-state index in [1.54, 1.807) is 7.11 Å². The third-order valence-electron chi connectivity index (χ3n) is 9.92. The average Bonchev–Trinajstić information content (AvgIpc) is 3.44. The Bertz CT molecular complexity index is 1120. The molecule has 2 saturated heterocycles. The summed E-state index contributed by atoms with van der Waals surface area (Å²) in [6.45, 7) is 11.8. The third-order valence-corrected chi connectivity index (χ3v) is 10.2. The van der Waals surface area contributed by atoms with Crippen molar-refractivity contribution in [1.82, 2.24) is 19.6 Å². The highest BCUT2D eigenvalue weighted by molar-refractivity contribution is 6.30. The fourth-order valence-electron chi connectivity index (χ4n) is 7.57. The Hall–Kier alpha value is -2.12. The molecule has 0 aromatic heterocycles. The highest BCUT2D eigenvalue weighted by atomic mass is 35.5. The molecular formula is C34H49ClN4O2. The van der Waals surface area contributed by atoms with E-state index < -0.39 is 0 Å². The SMILES string of the molecule is COc1ccc(CN(C)CC2(N3CCN(C(=O)[C@H]4CN(C(C)C)C[C@@H]4c4ccc(Cl)cc4)CC3)CCCCC2)cc1. The van der Waals surface area contributed by atoms with Crippen LogP contribution in [0.4, 0.5) is 0 Å². The van der Waals surface area contributed by atoms with Crippen molar-refractivity contribution < 1.29 is 9.53 Å². The number of halogens is 1. The number of carbonyl (C=O) groups excluding carboxylic acids is 1. The molecule has 5 rings (SSSR count). The molecule has 7 heteroatoms. The number of benzene rings is 2. The second kappa shape index (κ2) is 13.5. The van der Waals surface area contributed by atoms with Crippen LogP contribution in [0.2, 0.25) is 5.02 Å². The predicted octanol–water partition coefficient (Wildman–Crippen LogP) is 5.75. The monoisotopic (exact) mass is 580 g/mol. The van der Waals surface area contributed by atoms with Gasteiger partial charge in [0.15, 0.2) is 0 Å². The molecule has 0 unspecified atom stereocenters. The van der Waals surface area contributed by atoms with Crippen molar-refractivity contribution >= 4 is 17.5 Å². The van der Waals surface area contributed by atoms with Crippen LogP contribution in [0.25, 0.3) is 0 Å². The smallest absolute Gasteiger partial charge is 0.227 e. The van der Waals surface area contributed by atoms with Gasteiger partial charge in [-0.1, -0.05) is 55.1 Å². The number of amides is 1. The molecule has 0 spiro atoms. The standard InChI is InChI=1S/C34H49ClN4O2/c1-26(2)38-23-31(28-10-12-29(35)13-11-28)32(24-38)33(40)37-18-20-39(21-19-37)34(16-6-5-7-17-34)25-36(3)22-27-8-14-30(41-4)15-9-27/h8-15,26,31-32H,5-7,16-25H2,1-4H3/t31-,32+/m1/s1. The van der Waals surface area contributed by atoms with Gasteiger partial charge < -0.3 is 14.5 Å². The molecule has 1 saturated carbocycles. The molecule has 2 aliphatic heterocycles. The van der Waals surface area contributed by atoms with Gasteiger partial charge in [-0.05, 0) is 69.1 Å². The first-order valence-corrected chi connectivity index (χ1v) is 16.0. The van der Waals surface area contributed by atoms with E-state index in [0.717, 1.165) is 63.1 Å². The van der Waals surface area contributed by atoms with Gasteiger partial charge in [0, 0.05) is 74.9 Å². The van der Waals surface area contributed by atoms with Gasteiger partial charge in [0.2, 0.25) is 5.91 Å². The minimum atomic E-state index is 0.00407. The van der Waals surface area contributed by atoms with Gasteiger partial charge in [0.25, 0.3) is 0 Å². The third kappa shape index (κ3) is 7.10. The lowest BCUT2D eigenvalue weighted by molar-refractivity contribution is -0.139. The van der Waals surface area contributed by atoms with Gasteiger partial charge in [0.1, 0.15) is 5.75 Å². The van der Waals surface area contributed by atoms with Crippen LogP contribution < -0.4 is 4.74 Å². The molecule has 224 valence electrons. The summed E-state index contributed by atoms with van der Waals surface area (Å²) >= 11 is 6.19. The summed E-state index contributed by atoms with van der Waals surface area (Å²) in [7, 11) is 3.98. The van der Waals surface area contributed by atoms with Crippen LogP contribution in [0.5, 0.6) is 5.75 Å². The van der Waals surface area contributed by atoms with Crippen LogP contribution in [-0.2, 0) is 11.3 Å². The Morgan fingerprint density at radius 2 is 1.63 bits per heavy atom. The Labute approximate surface area is 252 Å². The zero-order valence-corrected chi connectivity index (χ0v) is 26.3. The van der Waals surface area contributed by atoms with Crippen molar-refractivity contribution in [2.75, 3.05) is 60.0 Å². The lowest BCUT2D eigenvalue weighted by Gasteiger charge is -2.51. The van der Waals surface area contributed by atoms with Crippen LogP contribution in [0.3, 0.4) is 0 Å². The first-order valence-electron chi connectivity index (χ1n) is 15.6. The maximum Gasteiger partial charge on any atom is 0.227 e. The van der Waals surface area contributed by atoms with E-state index in [1.165, 1.54) is 43.2 Å². The predicted molar refractivity (Wildman–Crippen MR) is 168 cm³/mol. The van der Waals surface area contributed by atoms with Crippen molar-refractivity contribution in [2.24, 2.45) is 5.92 Å². The number of methoxy groups -OCH3 is 1. The summed E-state index contributed by atoms with van der Waals surface area (Å²) in [6, 6.07) is 17.0. The molecule has 3 aliphatic rings. The van der Waals surface area contributed by atoms with Gasteiger partial charge in [-0.2, -0.15) is 0 Å². The molecule has 1 amide bonds. The van der Waals surface area contributed by atoms with Crippen molar-refractivity contribution in [3.63, 3.8) is 0 Å². The van der Waals surface area contributed by atoms with E-state index in [2.05, 4.69) is 76.9 Å². The number of likely N-dealkylation sites (tertiary alicyclic amines) is 1. The number of likely N-dealkylation sites (N-methyl/N-ethyl adjacent to an activating group) is 1. The van der Waals surface area contributed by atoms with E-state index in [-0.39, 0.29) is 17.4 Å². The normalized spacial score (nSPS) is 23.8. The molecule has 1 aliphatic carbocycles. The fourth-order valence-corrected chi connectivity index (χ4v) is 7.70. The van der Waals surface area contributed by atoms with Crippen molar-refractivity contribution in [3.05, 3.63) is 64.7 Å². The molecule has 3 fully saturated rings. The largest absolute Gasteiger partial charge is 0.497 e. The topological polar surface area (TPSA) is 39.3 Å². The molecule has 2 atom stereocenters. The van der Waals surface area contributed by atoms with E-state index >= 15 is 0 Å². The van der Waals surface area contributed by atoms with Gasteiger partial charge in [-0.15, -0.1) is 0 Å². The summed E-state index contributed by atoms with van der Waals surface area (Å²) in [5.74, 6) is 1.46. The zero-order chi connectivity index (χ0) is 29.0. The summed E-state index contributed by atoms with van der Waals surface area (Å²) in [6.07, 6.45) is 6.43. The molecule has 0 bridgehead atoms. The second-order valence-electron chi connectivity index (χ2n) is 12.9. The average molecular weight is 581 g/mol. The number of carbonyl (C=O) groups is 1. The molecule has 2 aromatic rings. The van der Waals surface area contributed by atoms with Crippen LogP contribution >= 0.6 is 11.6 Å². The second-order valence-corrected chi connectivity index (χ2v) is 13.4. The lowest BCUT2D eigenvalue weighted by atomic mass is 9.79. The Kier molecular flexibility index (Phi) is 9.96. The van der Waals surface area contributed by atoms with Crippen LogP contribution in [-0.4, -0.2) is 97.1 Å². The molecule has 0 radical (unpaired) electrons. The highest BCUT2D eigenvalue weighted by Crippen LogP contribution is 2.38. The Morgan fingerprint density at radius 1 is 0.976 bits per heavy atom. The van der Waals surface area contributed by atoms with E-state index in [1.807, 2.05) is 12.1 Å². The van der Waals surface area contributed by atoms with E-state index in [9.17, 15) is 4.79 Å². The minimum absolute atomic E-state index is 0.00407. The molecule has 41 heavy (non-hydrogen) atoms. The zero-order valence-electron chi connectivity index (χ0n) is 25.5. The van der Waals surface area contributed by atoms with Gasteiger partial charge in [-0.25, -0.2) is 0 Å². The summed E-state index contributed by atoms with van der Waals surface area (Å²) in [5.41, 5.74) is 2.75. The van der Waals surface area contributed by atoms with E-state index in [0.29, 0.717) is 11.9 Å². The number of hydrogen-bond acceptors (Lipinski definition) is 5. The van der Waals surface area contributed by atoms with Gasteiger partial charge in [0.05, 0.1) is 13.0 Å². The quantitative estimate of drug-likeness (QED) is 0.378. The summed E-state index contributed by atoms with van der Waals surface area (Å²) in [4.78, 5) is 23.9.